The van der Waals surface area contributed by atoms with Crippen LogP contribution in [-0.2, 0) is 0 Å². The van der Waals surface area contributed by atoms with Gasteiger partial charge in [-0.3, -0.25) is 10.1 Å². The van der Waals surface area contributed by atoms with Crippen LogP contribution >= 0.6 is 0 Å². The zero-order valence-electron chi connectivity index (χ0n) is 8.41. The van der Waals surface area contributed by atoms with E-state index in [4.69, 9.17) is 11.5 Å². The van der Waals surface area contributed by atoms with Crippen LogP contribution in [0.2, 0.25) is 0 Å². The van der Waals surface area contributed by atoms with Gasteiger partial charge < -0.3 is 21.7 Å². The van der Waals surface area contributed by atoms with Crippen LogP contribution in [0.4, 0.5) is 11.4 Å². The maximum atomic E-state index is 10.4. The summed E-state index contributed by atoms with van der Waals surface area (Å²) in [5.74, 6) is 0. The second-order valence-electron chi connectivity index (χ2n) is 3.32. The van der Waals surface area contributed by atoms with Gasteiger partial charge in [0.15, 0.2) is 0 Å². The van der Waals surface area contributed by atoms with E-state index in [2.05, 4.69) is 0 Å². The Labute approximate surface area is 91.4 Å². The van der Waals surface area contributed by atoms with Gasteiger partial charge in [-0.2, -0.15) is 0 Å². The van der Waals surface area contributed by atoms with Gasteiger partial charge in [-0.1, -0.05) is 0 Å². The van der Waals surface area contributed by atoms with Crippen molar-refractivity contribution < 1.29 is 15.1 Å². The molecule has 2 atom stereocenters. The Kier molecular flexibility index (Phi) is 3.78. The number of rotatable bonds is 4. The van der Waals surface area contributed by atoms with Crippen molar-refractivity contribution in [2.24, 2.45) is 5.73 Å². The topological polar surface area (TPSA) is 136 Å². The number of aliphatic hydroxyl groups excluding tert-OH is 2. The third-order valence-electron chi connectivity index (χ3n) is 2.21. The summed E-state index contributed by atoms with van der Waals surface area (Å²) in [6, 6.07) is 3.64. The molecule has 7 heteroatoms. The Balaban J connectivity index is 3.03. The minimum absolute atomic E-state index is 0.0502. The molecule has 0 aliphatic carbocycles. The fourth-order valence-corrected chi connectivity index (χ4v) is 1.28. The van der Waals surface area contributed by atoms with Gasteiger partial charge in [0.25, 0.3) is 5.69 Å². The largest absolute Gasteiger partial charge is 0.398 e. The number of hydrogen-bond acceptors (Lipinski definition) is 6. The summed E-state index contributed by atoms with van der Waals surface area (Å²) in [7, 11) is 0. The van der Waals surface area contributed by atoms with Gasteiger partial charge in [-0.25, -0.2) is 0 Å². The molecule has 0 bridgehead atoms. The maximum Gasteiger partial charge on any atom is 0.271 e. The van der Waals surface area contributed by atoms with Crippen LogP contribution in [0, 0.1) is 10.1 Å². The molecule has 0 heterocycles. The Hall–Kier alpha value is -1.70. The van der Waals surface area contributed by atoms with Crippen molar-refractivity contribution in [2.75, 3.05) is 12.3 Å². The average Bonchev–Trinajstić information content (AvgIpc) is 2.26. The molecule has 0 fully saturated rings. The number of anilines is 1. The summed E-state index contributed by atoms with van der Waals surface area (Å²) in [6.07, 6.45) is -2.39. The van der Waals surface area contributed by atoms with Crippen LogP contribution in [0.3, 0.4) is 0 Å². The molecule has 0 saturated heterocycles. The number of aliphatic hydroxyl groups is 2. The highest BCUT2D eigenvalue weighted by atomic mass is 16.6. The molecule has 6 N–H and O–H groups in total. The van der Waals surface area contributed by atoms with Crippen LogP contribution < -0.4 is 11.5 Å². The SMILES string of the molecule is NCC(O)C(O)c1ccc([N+](=O)[O-])cc1N. The quantitative estimate of drug-likeness (QED) is 0.312. The zero-order chi connectivity index (χ0) is 12.3. The molecule has 0 spiro atoms. The number of non-ortho nitro benzene ring substituents is 1. The first-order chi connectivity index (χ1) is 7.47. The van der Waals surface area contributed by atoms with E-state index >= 15 is 0 Å². The number of hydrogen-bond donors (Lipinski definition) is 4. The fraction of sp³-hybridized carbons (Fsp3) is 0.333. The monoisotopic (exact) mass is 227 g/mol. The van der Waals surface area contributed by atoms with Gasteiger partial charge in [0.05, 0.1) is 11.0 Å². The molecule has 1 aromatic rings. The minimum Gasteiger partial charge on any atom is -0.398 e. The summed E-state index contributed by atoms with van der Waals surface area (Å²) < 4.78 is 0. The van der Waals surface area contributed by atoms with Crippen molar-refractivity contribution >= 4 is 11.4 Å². The molecule has 0 aliphatic heterocycles. The summed E-state index contributed by atoms with van der Waals surface area (Å²) in [6.45, 7) is -0.127. The highest BCUT2D eigenvalue weighted by Gasteiger charge is 2.20. The van der Waals surface area contributed by atoms with E-state index in [9.17, 15) is 20.3 Å². The Bertz CT molecular complexity index is 396. The highest BCUT2D eigenvalue weighted by Crippen LogP contribution is 2.26. The second-order valence-corrected chi connectivity index (χ2v) is 3.32. The van der Waals surface area contributed by atoms with Gasteiger partial charge in [0.2, 0.25) is 0 Å². The third-order valence-corrected chi connectivity index (χ3v) is 2.21. The number of nitrogens with zero attached hydrogens (tertiary/aromatic N) is 1. The summed E-state index contributed by atoms with van der Waals surface area (Å²) >= 11 is 0. The molecule has 1 rings (SSSR count). The minimum atomic E-state index is -1.24. The van der Waals surface area contributed by atoms with E-state index in [1.807, 2.05) is 0 Å². The van der Waals surface area contributed by atoms with E-state index < -0.39 is 17.1 Å². The third kappa shape index (κ3) is 2.45. The van der Waals surface area contributed by atoms with Gasteiger partial charge in [0.1, 0.15) is 6.10 Å². The predicted octanol–water partition coefficient (Wildman–Crippen LogP) is -0.470. The summed E-state index contributed by atoms with van der Waals surface area (Å²) in [4.78, 5) is 9.85. The van der Waals surface area contributed by atoms with Crippen molar-refractivity contribution in [1.82, 2.24) is 0 Å². The van der Waals surface area contributed by atoms with E-state index in [0.717, 1.165) is 6.07 Å². The van der Waals surface area contributed by atoms with Crippen molar-refractivity contribution in [3.05, 3.63) is 33.9 Å². The predicted molar refractivity (Wildman–Crippen MR) is 57.5 cm³/mol. The molecule has 0 saturated carbocycles. The van der Waals surface area contributed by atoms with Crippen molar-refractivity contribution in [3.8, 4) is 0 Å². The lowest BCUT2D eigenvalue weighted by molar-refractivity contribution is -0.384. The number of nitrogens with two attached hydrogens (primary N) is 2. The first-order valence-electron chi connectivity index (χ1n) is 4.57. The van der Waals surface area contributed by atoms with E-state index in [1.54, 1.807) is 0 Å². The summed E-state index contributed by atoms with van der Waals surface area (Å²) in [5.41, 5.74) is 10.8. The van der Waals surface area contributed by atoms with Crippen molar-refractivity contribution in [2.45, 2.75) is 12.2 Å². The number of nitrogen functional groups attached to an aromatic ring is 1. The lowest BCUT2D eigenvalue weighted by atomic mass is 10.0. The van der Waals surface area contributed by atoms with Crippen LogP contribution in [0.15, 0.2) is 18.2 Å². The van der Waals surface area contributed by atoms with E-state index in [-0.39, 0.29) is 23.5 Å². The number of nitro benzene ring substituents is 1. The normalized spacial score (nSPS) is 14.4. The molecular weight excluding hydrogens is 214 g/mol. The molecule has 0 aliphatic rings. The number of benzene rings is 1. The maximum absolute atomic E-state index is 10.4. The van der Waals surface area contributed by atoms with Crippen molar-refractivity contribution in [1.29, 1.82) is 0 Å². The van der Waals surface area contributed by atoms with E-state index in [1.165, 1.54) is 12.1 Å². The molecule has 1 aromatic carbocycles. The molecular formula is C9H13N3O4. The highest BCUT2D eigenvalue weighted by molar-refractivity contribution is 5.55. The molecule has 16 heavy (non-hydrogen) atoms. The lowest BCUT2D eigenvalue weighted by Crippen LogP contribution is -2.27. The van der Waals surface area contributed by atoms with Crippen molar-refractivity contribution in [3.63, 3.8) is 0 Å². The molecule has 7 nitrogen and oxygen atoms in total. The average molecular weight is 227 g/mol. The fourth-order valence-electron chi connectivity index (χ4n) is 1.28. The van der Waals surface area contributed by atoms with Gasteiger partial charge in [-0.05, 0) is 6.07 Å². The summed E-state index contributed by atoms with van der Waals surface area (Å²) in [5, 5.41) is 29.4. The van der Waals surface area contributed by atoms with Gasteiger partial charge in [0, 0.05) is 29.9 Å². The molecule has 0 radical (unpaired) electrons. The first kappa shape index (κ1) is 12.4. The molecule has 88 valence electrons. The second kappa shape index (κ2) is 4.88. The Morgan fingerprint density at radius 1 is 1.44 bits per heavy atom. The smallest absolute Gasteiger partial charge is 0.271 e. The standard InChI is InChI=1S/C9H13N3O4/c10-4-8(13)9(14)6-2-1-5(12(15)16)3-7(6)11/h1-3,8-9,13-14H,4,10-11H2. The Morgan fingerprint density at radius 2 is 2.06 bits per heavy atom. The molecule has 2 unspecified atom stereocenters. The van der Waals surface area contributed by atoms with Gasteiger partial charge in [-0.15, -0.1) is 0 Å². The van der Waals surface area contributed by atoms with Crippen LogP contribution in [0.25, 0.3) is 0 Å². The number of nitro groups is 1. The van der Waals surface area contributed by atoms with Crippen LogP contribution in [0.1, 0.15) is 11.7 Å². The first-order valence-corrected chi connectivity index (χ1v) is 4.57. The molecule has 0 amide bonds. The van der Waals surface area contributed by atoms with E-state index in [0.29, 0.717) is 0 Å². The van der Waals surface area contributed by atoms with Crippen LogP contribution in [-0.4, -0.2) is 27.8 Å². The zero-order valence-corrected chi connectivity index (χ0v) is 8.41. The Morgan fingerprint density at radius 3 is 2.50 bits per heavy atom. The van der Waals surface area contributed by atoms with Crippen LogP contribution in [0.5, 0.6) is 0 Å². The van der Waals surface area contributed by atoms with Gasteiger partial charge >= 0.3 is 0 Å². The lowest BCUT2D eigenvalue weighted by Gasteiger charge is -2.17. The molecule has 0 aromatic heterocycles.